The Kier molecular flexibility index (Phi) is 4.64. The van der Waals surface area contributed by atoms with Gasteiger partial charge in [0.1, 0.15) is 0 Å². The summed E-state index contributed by atoms with van der Waals surface area (Å²) < 4.78 is 0. The van der Waals surface area contributed by atoms with E-state index in [1.807, 2.05) is 0 Å². The molecule has 0 radical (unpaired) electrons. The molecule has 90 valence electrons. The van der Waals surface area contributed by atoms with Gasteiger partial charge in [-0.15, -0.1) is 0 Å². The van der Waals surface area contributed by atoms with Crippen LogP contribution >= 0.6 is 0 Å². The highest BCUT2D eigenvalue weighted by Gasteiger charge is 2.44. The van der Waals surface area contributed by atoms with E-state index in [1.54, 1.807) is 0 Å². The highest BCUT2D eigenvalue weighted by Crippen LogP contribution is 2.44. The van der Waals surface area contributed by atoms with Crippen LogP contribution in [0, 0.1) is 17.8 Å². The smallest absolute Gasteiger partial charge is 0.0706 e. The Hall–Kier alpha value is -0.0400. The highest BCUT2D eigenvalue weighted by atomic mass is 16.3. The number of rotatable bonds is 4. The lowest BCUT2D eigenvalue weighted by molar-refractivity contribution is -0.112. The van der Waals surface area contributed by atoms with Gasteiger partial charge in [-0.3, -0.25) is 0 Å². The maximum absolute atomic E-state index is 11.0. The lowest BCUT2D eigenvalue weighted by atomic mass is 9.63. The molecular weight excluding hydrogens is 184 g/mol. The molecule has 1 rings (SSSR count). The molecule has 15 heavy (non-hydrogen) atoms. The predicted octanol–water partition coefficient (Wildman–Crippen LogP) is 4.00. The molecule has 1 nitrogen and oxygen atoms in total. The van der Waals surface area contributed by atoms with Crippen LogP contribution in [0.1, 0.15) is 66.2 Å². The van der Waals surface area contributed by atoms with Crippen molar-refractivity contribution >= 4 is 0 Å². The van der Waals surface area contributed by atoms with Crippen LogP contribution < -0.4 is 0 Å². The molecule has 1 fully saturated rings. The van der Waals surface area contributed by atoms with Crippen molar-refractivity contribution in [3.05, 3.63) is 0 Å². The second kappa shape index (κ2) is 5.34. The van der Waals surface area contributed by atoms with Gasteiger partial charge in [0.15, 0.2) is 0 Å². The summed E-state index contributed by atoms with van der Waals surface area (Å²) in [5.74, 6) is 1.65. The quantitative estimate of drug-likeness (QED) is 0.747. The van der Waals surface area contributed by atoms with Gasteiger partial charge in [-0.2, -0.15) is 0 Å². The molecule has 0 aromatic heterocycles. The number of hydrogen-bond acceptors (Lipinski definition) is 1. The second-order valence-electron chi connectivity index (χ2n) is 5.60. The van der Waals surface area contributed by atoms with Gasteiger partial charge in [0, 0.05) is 0 Å². The van der Waals surface area contributed by atoms with Crippen molar-refractivity contribution in [2.45, 2.75) is 71.8 Å². The summed E-state index contributed by atoms with van der Waals surface area (Å²) in [7, 11) is 0. The van der Waals surface area contributed by atoms with Crippen molar-refractivity contribution in [3.8, 4) is 0 Å². The van der Waals surface area contributed by atoms with Gasteiger partial charge >= 0.3 is 0 Å². The van der Waals surface area contributed by atoms with Gasteiger partial charge in [0.25, 0.3) is 0 Å². The van der Waals surface area contributed by atoms with Crippen molar-refractivity contribution in [1.82, 2.24) is 0 Å². The summed E-state index contributed by atoms with van der Waals surface area (Å²) in [4.78, 5) is 0. The Morgan fingerprint density at radius 3 is 2.27 bits per heavy atom. The Balaban J connectivity index is 2.83. The SMILES string of the molecule is CCC(CC)C1(O)CCCCC1C(C)C. The minimum atomic E-state index is -0.365. The lowest BCUT2D eigenvalue weighted by Crippen LogP contribution is -2.49. The second-order valence-corrected chi connectivity index (χ2v) is 5.60. The van der Waals surface area contributed by atoms with E-state index in [1.165, 1.54) is 19.3 Å². The van der Waals surface area contributed by atoms with Crippen LogP contribution in [0.15, 0.2) is 0 Å². The van der Waals surface area contributed by atoms with Crippen molar-refractivity contribution in [1.29, 1.82) is 0 Å². The summed E-state index contributed by atoms with van der Waals surface area (Å²) in [5, 5.41) is 11.0. The Bertz CT molecular complexity index is 184. The highest BCUT2D eigenvalue weighted by molar-refractivity contribution is 4.95. The summed E-state index contributed by atoms with van der Waals surface area (Å²) in [6.45, 7) is 8.98. The van der Waals surface area contributed by atoms with E-state index < -0.39 is 0 Å². The number of aliphatic hydroxyl groups is 1. The van der Waals surface area contributed by atoms with Crippen LogP contribution in [0.25, 0.3) is 0 Å². The van der Waals surface area contributed by atoms with Crippen LogP contribution in [0.2, 0.25) is 0 Å². The van der Waals surface area contributed by atoms with Gasteiger partial charge in [-0.1, -0.05) is 53.4 Å². The first kappa shape index (κ1) is 13.0. The molecule has 1 aliphatic carbocycles. The van der Waals surface area contributed by atoms with Crippen LogP contribution in [0.3, 0.4) is 0 Å². The molecule has 1 aliphatic rings. The summed E-state index contributed by atoms with van der Waals surface area (Å²) in [6.07, 6.45) is 7.03. The van der Waals surface area contributed by atoms with Gasteiger partial charge in [-0.05, 0) is 30.6 Å². The fourth-order valence-corrected chi connectivity index (χ4v) is 3.62. The van der Waals surface area contributed by atoms with Crippen LogP contribution in [-0.4, -0.2) is 10.7 Å². The van der Waals surface area contributed by atoms with E-state index in [9.17, 15) is 5.11 Å². The molecule has 0 aromatic rings. The third kappa shape index (κ3) is 2.55. The molecule has 2 atom stereocenters. The topological polar surface area (TPSA) is 20.2 Å². The Labute approximate surface area is 95.3 Å². The third-order valence-corrected chi connectivity index (χ3v) is 4.48. The standard InChI is InChI=1S/C14H28O/c1-5-12(6-2)14(15)10-8-7-9-13(14)11(3)4/h11-13,15H,5-10H2,1-4H3. The van der Waals surface area contributed by atoms with Crippen molar-refractivity contribution in [2.75, 3.05) is 0 Å². The third-order valence-electron chi connectivity index (χ3n) is 4.48. The van der Waals surface area contributed by atoms with Gasteiger partial charge < -0.3 is 5.11 Å². The molecule has 0 heterocycles. The number of hydrogen-bond donors (Lipinski definition) is 1. The molecule has 2 unspecified atom stereocenters. The lowest BCUT2D eigenvalue weighted by Gasteiger charge is -2.47. The van der Waals surface area contributed by atoms with Gasteiger partial charge in [0.05, 0.1) is 5.60 Å². The Morgan fingerprint density at radius 1 is 1.20 bits per heavy atom. The van der Waals surface area contributed by atoms with E-state index in [2.05, 4.69) is 27.7 Å². The minimum Gasteiger partial charge on any atom is -0.389 e. The summed E-state index contributed by atoms with van der Waals surface area (Å²) >= 11 is 0. The van der Waals surface area contributed by atoms with Crippen molar-refractivity contribution in [3.63, 3.8) is 0 Å². The van der Waals surface area contributed by atoms with E-state index in [4.69, 9.17) is 0 Å². The van der Waals surface area contributed by atoms with E-state index in [0.717, 1.165) is 19.3 Å². The van der Waals surface area contributed by atoms with E-state index >= 15 is 0 Å². The molecule has 0 aromatic carbocycles. The maximum atomic E-state index is 11.0. The molecular formula is C14H28O. The Morgan fingerprint density at radius 2 is 1.80 bits per heavy atom. The van der Waals surface area contributed by atoms with Crippen molar-refractivity contribution < 1.29 is 5.11 Å². The first-order valence-corrected chi connectivity index (χ1v) is 6.78. The molecule has 0 bridgehead atoms. The fourth-order valence-electron chi connectivity index (χ4n) is 3.62. The van der Waals surface area contributed by atoms with Crippen LogP contribution in [0.5, 0.6) is 0 Å². The molecule has 0 saturated heterocycles. The normalized spacial score (nSPS) is 32.6. The predicted molar refractivity (Wildman–Crippen MR) is 65.8 cm³/mol. The maximum Gasteiger partial charge on any atom is 0.0706 e. The zero-order chi connectivity index (χ0) is 11.5. The van der Waals surface area contributed by atoms with Crippen molar-refractivity contribution in [2.24, 2.45) is 17.8 Å². The van der Waals surface area contributed by atoms with Crippen LogP contribution in [-0.2, 0) is 0 Å². The first-order chi connectivity index (χ1) is 7.06. The molecule has 0 amide bonds. The van der Waals surface area contributed by atoms with E-state index in [-0.39, 0.29) is 5.60 Å². The van der Waals surface area contributed by atoms with Gasteiger partial charge in [0.2, 0.25) is 0 Å². The first-order valence-electron chi connectivity index (χ1n) is 6.78. The molecule has 1 heteroatoms. The average molecular weight is 212 g/mol. The monoisotopic (exact) mass is 212 g/mol. The zero-order valence-electron chi connectivity index (χ0n) is 10.9. The van der Waals surface area contributed by atoms with Gasteiger partial charge in [-0.25, -0.2) is 0 Å². The molecule has 0 spiro atoms. The van der Waals surface area contributed by atoms with Crippen LogP contribution in [0.4, 0.5) is 0 Å². The average Bonchev–Trinajstić information content (AvgIpc) is 2.19. The van der Waals surface area contributed by atoms with E-state index in [0.29, 0.717) is 17.8 Å². The molecule has 0 aliphatic heterocycles. The summed E-state index contributed by atoms with van der Waals surface area (Å²) in [6, 6.07) is 0. The summed E-state index contributed by atoms with van der Waals surface area (Å²) in [5.41, 5.74) is -0.365. The molecule has 1 N–H and O–H groups in total. The largest absolute Gasteiger partial charge is 0.389 e. The zero-order valence-corrected chi connectivity index (χ0v) is 10.9. The minimum absolute atomic E-state index is 0.365. The molecule has 1 saturated carbocycles. The fraction of sp³-hybridized carbons (Fsp3) is 1.00.